The summed E-state index contributed by atoms with van der Waals surface area (Å²) in [6, 6.07) is 6.27. The van der Waals surface area contributed by atoms with Gasteiger partial charge in [0.05, 0.1) is 11.7 Å². The lowest BCUT2D eigenvalue weighted by atomic mass is 10.00. The molecule has 1 aromatic heterocycles. The predicted octanol–water partition coefficient (Wildman–Crippen LogP) is 3.14. The van der Waals surface area contributed by atoms with Gasteiger partial charge in [0, 0.05) is 17.3 Å². The molecule has 0 amide bonds. The minimum Gasteiger partial charge on any atom is -0.326 e. The van der Waals surface area contributed by atoms with Gasteiger partial charge in [-0.2, -0.15) is 5.10 Å². The van der Waals surface area contributed by atoms with E-state index in [2.05, 4.69) is 12.0 Å². The highest BCUT2D eigenvalue weighted by molar-refractivity contribution is 5.29. The summed E-state index contributed by atoms with van der Waals surface area (Å²) in [5.74, 6) is -0.236. The van der Waals surface area contributed by atoms with Crippen molar-refractivity contribution in [3.8, 4) is 0 Å². The third-order valence-corrected chi connectivity index (χ3v) is 3.81. The number of halogens is 1. The molecule has 1 aromatic carbocycles. The maximum Gasteiger partial charge on any atom is 0.128 e. The van der Waals surface area contributed by atoms with Crippen LogP contribution in [0.25, 0.3) is 0 Å². The summed E-state index contributed by atoms with van der Waals surface area (Å²) >= 11 is 0. The summed E-state index contributed by atoms with van der Waals surface area (Å²) < 4.78 is 16.0. The minimum absolute atomic E-state index is 0.227. The molecule has 2 N–H and O–H groups in total. The Balaban J connectivity index is 2.58. The summed E-state index contributed by atoms with van der Waals surface area (Å²) in [6.07, 6.45) is 0.917. The van der Waals surface area contributed by atoms with Crippen molar-refractivity contribution >= 4 is 0 Å². The van der Waals surface area contributed by atoms with Crippen LogP contribution in [0.5, 0.6) is 0 Å². The molecule has 3 nitrogen and oxygen atoms in total. The summed E-state index contributed by atoms with van der Waals surface area (Å²) in [6.45, 7) is 8.00. The van der Waals surface area contributed by atoms with E-state index in [0.29, 0.717) is 5.56 Å². The van der Waals surface area contributed by atoms with E-state index in [1.165, 1.54) is 11.6 Å². The minimum atomic E-state index is -0.282. The van der Waals surface area contributed by atoms with Gasteiger partial charge in [0.2, 0.25) is 0 Å². The van der Waals surface area contributed by atoms with Crippen molar-refractivity contribution in [3.05, 3.63) is 52.6 Å². The van der Waals surface area contributed by atoms with Gasteiger partial charge < -0.3 is 5.73 Å². The molecule has 20 heavy (non-hydrogen) atoms. The van der Waals surface area contributed by atoms with Crippen LogP contribution in [0.15, 0.2) is 24.3 Å². The summed E-state index contributed by atoms with van der Waals surface area (Å²) in [5.41, 5.74) is 9.98. The molecular weight excluding hydrogens is 253 g/mol. The van der Waals surface area contributed by atoms with Crippen molar-refractivity contribution in [1.82, 2.24) is 9.78 Å². The lowest BCUT2D eigenvalue weighted by Gasteiger charge is -2.24. The standard InChI is InChI=1S/C16H22FN3/c1-5-13-11(3)19-20(12(13)4)16(10(2)18)14-8-6-7-9-15(14)17/h6-10,16H,5,18H2,1-4H3. The predicted molar refractivity (Wildman–Crippen MR) is 79.3 cm³/mol. The van der Waals surface area contributed by atoms with Gasteiger partial charge in [0.25, 0.3) is 0 Å². The van der Waals surface area contributed by atoms with Crippen LogP contribution in [0.2, 0.25) is 0 Å². The average Bonchev–Trinajstić information content (AvgIpc) is 2.67. The maximum absolute atomic E-state index is 14.1. The first-order chi connectivity index (χ1) is 9.47. The first-order valence-electron chi connectivity index (χ1n) is 7.02. The van der Waals surface area contributed by atoms with Gasteiger partial charge in [-0.05, 0) is 38.8 Å². The van der Waals surface area contributed by atoms with E-state index in [1.54, 1.807) is 12.1 Å². The number of hydrogen-bond acceptors (Lipinski definition) is 2. The maximum atomic E-state index is 14.1. The fourth-order valence-electron chi connectivity index (χ4n) is 2.83. The second-order valence-corrected chi connectivity index (χ2v) is 5.27. The Hall–Kier alpha value is -1.68. The summed E-state index contributed by atoms with van der Waals surface area (Å²) in [4.78, 5) is 0. The number of rotatable bonds is 4. The van der Waals surface area contributed by atoms with E-state index in [9.17, 15) is 4.39 Å². The van der Waals surface area contributed by atoms with Crippen molar-refractivity contribution in [2.75, 3.05) is 0 Å². The molecule has 4 heteroatoms. The Bertz CT molecular complexity index is 602. The molecule has 0 spiro atoms. The third kappa shape index (κ3) is 2.48. The smallest absolute Gasteiger partial charge is 0.128 e. The summed E-state index contributed by atoms with van der Waals surface area (Å²) in [5, 5.41) is 4.59. The molecule has 0 saturated heterocycles. The highest BCUT2D eigenvalue weighted by atomic mass is 19.1. The van der Waals surface area contributed by atoms with Crippen molar-refractivity contribution in [2.45, 2.75) is 46.2 Å². The van der Waals surface area contributed by atoms with Crippen molar-refractivity contribution in [2.24, 2.45) is 5.73 Å². The van der Waals surface area contributed by atoms with E-state index in [1.807, 2.05) is 31.5 Å². The molecule has 2 atom stereocenters. The van der Waals surface area contributed by atoms with Crippen LogP contribution in [-0.2, 0) is 6.42 Å². The molecule has 2 unspecified atom stereocenters. The quantitative estimate of drug-likeness (QED) is 0.931. The number of benzene rings is 1. The number of aryl methyl sites for hydroxylation is 1. The third-order valence-electron chi connectivity index (χ3n) is 3.81. The number of nitrogens with two attached hydrogens (primary N) is 1. The normalized spacial score (nSPS) is 14.3. The van der Waals surface area contributed by atoms with Crippen LogP contribution in [0.4, 0.5) is 4.39 Å². The average molecular weight is 275 g/mol. The molecule has 0 aliphatic rings. The molecule has 0 saturated carbocycles. The van der Waals surface area contributed by atoms with Gasteiger partial charge in [0.1, 0.15) is 5.82 Å². The lowest BCUT2D eigenvalue weighted by molar-refractivity contribution is 0.425. The summed E-state index contributed by atoms with van der Waals surface area (Å²) in [7, 11) is 0. The van der Waals surface area contributed by atoms with Crippen molar-refractivity contribution < 1.29 is 4.39 Å². The van der Waals surface area contributed by atoms with Gasteiger partial charge >= 0.3 is 0 Å². The lowest BCUT2D eigenvalue weighted by Crippen LogP contribution is -2.32. The topological polar surface area (TPSA) is 43.8 Å². The van der Waals surface area contributed by atoms with Crippen LogP contribution in [0.3, 0.4) is 0 Å². The molecule has 0 bridgehead atoms. The highest BCUT2D eigenvalue weighted by Crippen LogP contribution is 2.27. The van der Waals surface area contributed by atoms with Crippen molar-refractivity contribution in [1.29, 1.82) is 0 Å². The van der Waals surface area contributed by atoms with Gasteiger partial charge in [-0.15, -0.1) is 0 Å². The van der Waals surface area contributed by atoms with Gasteiger partial charge in [0.15, 0.2) is 0 Å². The van der Waals surface area contributed by atoms with E-state index in [4.69, 9.17) is 5.73 Å². The molecule has 1 heterocycles. The molecule has 108 valence electrons. The highest BCUT2D eigenvalue weighted by Gasteiger charge is 2.25. The molecule has 2 rings (SSSR count). The largest absolute Gasteiger partial charge is 0.326 e. The van der Waals surface area contributed by atoms with Crippen molar-refractivity contribution in [3.63, 3.8) is 0 Å². The zero-order valence-electron chi connectivity index (χ0n) is 12.5. The van der Waals surface area contributed by atoms with Crippen LogP contribution in [0.1, 0.15) is 42.4 Å². The van der Waals surface area contributed by atoms with E-state index in [-0.39, 0.29) is 17.9 Å². The Labute approximate surface area is 119 Å². The van der Waals surface area contributed by atoms with Crippen LogP contribution in [0, 0.1) is 19.7 Å². The van der Waals surface area contributed by atoms with E-state index >= 15 is 0 Å². The monoisotopic (exact) mass is 275 g/mol. The first-order valence-corrected chi connectivity index (χ1v) is 7.02. The van der Waals surface area contributed by atoms with Gasteiger partial charge in [-0.25, -0.2) is 4.39 Å². The Morgan fingerprint density at radius 1 is 1.30 bits per heavy atom. The fraction of sp³-hybridized carbons (Fsp3) is 0.438. The van der Waals surface area contributed by atoms with Gasteiger partial charge in [-0.3, -0.25) is 4.68 Å². The first kappa shape index (κ1) is 14.7. The number of aromatic nitrogens is 2. The Morgan fingerprint density at radius 2 is 1.95 bits per heavy atom. The van der Waals surface area contributed by atoms with Gasteiger partial charge in [-0.1, -0.05) is 25.1 Å². The van der Waals surface area contributed by atoms with E-state index < -0.39 is 0 Å². The van der Waals surface area contributed by atoms with E-state index in [0.717, 1.165) is 17.8 Å². The zero-order chi connectivity index (χ0) is 14.9. The molecule has 2 aromatic rings. The molecule has 0 aliphatic carbocycles. The SMILES string of the molecule is CCc1c(C)nn(C(c2ccccc2F)C(C)N)c1C. The molecular formula is C16H22FN3. The fourth-order valence-corrected chi connectivity index (χ4v) is 2.83. The molecule has 0 radical (unpaired) electrons. The Morgan fingerprint density at radius 3 is 2.45 bits per heavy atom. The zero-order valence-corrected chi connectivity index (χ0v) is 12.5. The number of hydrogen-bond donors (Lipinski definition) is 1. The van der Waals surface area contributed by atoms with Crippen LogP contribution >= 0.6 is 0 Å². The molecule has 0 fully saturated rings. The van der Waals surface area contributed by atoms with Crippen LogP contribution in [-0.4, -0.2) is 15.8 Å². The second kappa shape index (κ2) is 5.75. The Kier molecular flexibility index (Phi) is 4.23. The second-order valence-electron chi connectivity index (χ2n) is 5.27. The molecule has 0 aliphatic heterocycles. The van der Waals surface area contributed by atoms with Crippen LogP contribution < -0.4 is 5.73 Å². The number of nitrogens with zero attached hydrogens (tertiary/aromatic N) is 2.